The van der Waals surface area contributed by atoms with E-state index in [4.69, 9.17) is 0 Å². The van der Waals surface area contributed by atoms with Gasteiger partial charge in [0.25, 0.3) is 6.43 Å². The highest BCUT2D eigenvalue weighted by molar-refractivity contribution is 5.87. The Morgan fingerprint density at radius 1 is 1.47 bits per heavy atom. The number of fused-ring (bicyclic) bond motifs is 1. The van der Waals surface area contributed by atoms with Gasteiger partial charge < -0.3 is 9.88 Å². The first-order valence-corrected chi connectivity index (χ1v) is 4.46. The minimum absolute atomic E-state index is 0.336. The third-order valence-electron chi connectivity index (χ3n) is 2.11. The lowest BCUT2D eigenvalue weighted by molar-refractivity contribution is 0.156. The first kappa shape index (κ1) is 9.82. The predicted octanol–water partition coefficient (Wildman–Crippen LogP) is 1.66. The van der Waals surface area contributed by atoms with Crippen LogP contribution in [0.5, 0.6) is 0 Å². The van der Waals surface area contributed by atoms with Gasteiger partial charge in [0.2, 0.25) is 0 Å². The molecule has 0 fully saturated rings. The lowest BCUT2D eigenvalue weighted by atomic mass is 10.3. The molecule has 80 valence electrons. The molecule has 0 aliphatic carbocycles. The molecule has 2 heterocycles. The molecule has 2 aromatic heterocycles. The Hall–Kier alpha value is -1.72. The van der Waals surface area contributed by atoms with Crippen molar-refractivity contribution in [2.45, 2.75) is 6.43 Å². The van der Waals surface area contributed by atoms with Gasteiger partial charge in [-0.25, -0.2) is 18.7 Å². The molecule has 0 unspecified atom stereocenters. The van der Waals surface area contributed by atoms with Gasteiger partial charge in [-0.2, -0.15) is 0 Å². The molecule has 0 saturated heterocycles. The minimum atomic E-state index is -2.38. The molecule has 0 aliphatic heterocycles. The summed E-state index contributed by atoms with van der Waals surface area (Å²) < 4.78 is 24.4. The van der Waals surface area contributed by atoms with Gasteiger partial charge >= 0.3 is 0 Å². The molecular weight excluding hydrogens is 202 g/mol. The fourth-order valence-electron chi connectivity index (χ4n) is 1.46. The largest absolute Gasteiger partial charge is 0.353 e. The minimum Gasteiger partial charge on any atom is -0.353 e. The molecule has 0 spiro atoms. The number of halogens is 2. The second-order valence-corrected chi connectivity index (χ2v) is 3.21. The monoisotopic (exact) mass is 212 g/mol. The second kappa shape index (κ2) is 3.80. The van der Waals surface area contributed by atoms with E-state index < -0.39 is 6.43 Å². The average molecular weight is 212 g/mol. The molecule has 2 aromatic rings. The molecular formula is C9H10F2N4. The average Bonchev–Trinajstić information content (AvgIpc) is 2.63. The summed E-state index contributed by atoms with van der Waals surface area (Å²) in [6.45, 7) is -0.336. The number of aromatic amines is 1. The smallest absolute Gasteiger partial charge is 0.255 e. The van der Waals surface area contributed by atoms with Crippen molar-refractivity contribution >= 4 is 16.9 Å². The third-order valence-corrected chi connectivity index (χ3v) is 2.11. The maximum Gasteiger partial charge on any atom is 0.255 e. The molecule has 0 amide bonds. The zero-order valence-electron chi connectivity index (χ0n) is 8.11. The normalized spacial score (nSPS) is 11.2. The molecule has 1 N–H and O–H groups in total. The number of hydrogen-bond donors (Lipinski definition) is 1. The molecule has 0 saturated carbocycles. The van der Waals surface area contributed by atoms with Gasteiger partial charge in [0.1, 0.15) is 17.8 Å². The SMILES string of the molecule is CN(CC(F)F)c1ncnc2[nH]ccc12. The Labute approximate surface area is 84.9 Å². The fraction of sp³-hybridized carbons (Fsp3) is 0.333. The van der Waals surface area contributed by atoms with E-state index in [1.165, 1.54) is 11.2 Å². The van der Waals surface area contributed by atoms with Gasteiger partial charge in [-0.05, 0) is 6.07 Å². The Morgan fingerprint density at radius 2 is 2.27 bits per heavy atom. The van der Waals surface area contributed by atoms with Crippen molar-refractivity contribution in [3.05, 3.63) is 18.6 Å². The fourth-order valence-corrected chi connectivity index (χ4v) is 1.46. The van der Waals surface area contributed by atoms with Gasteiger partial charge in [0.15, 0.2) is 0 Å². The Balaban J connectivity index is 2.38. The van der Waals surface area contributed by atoms with E-state index in [1.54, 1.807) is 19.3 Å². The summed E-state index contributed by atoms with van der Waals surface area (Å²) in [5, 5.41) is 0.751. The first-order chi connectivity index (χ1) is 7.18. The highest BCUT2D eigenvalue weighted by atomic mass is 19.3. The number of alkyl halides is 2. The van der Waals surface area contributed by atoms with E-state index in [0.717, 1.165) is 5.39 Å². The van der Waals surface area contributed by atoms with Gasteiger partial charge in [-0.1, -0.05) is 0 Å². The summed E-state index contributed by atoms with van der Waals surface area (Å²) in [5.41, 5.74) is 0.654. The Morgan fingerprint density at radius 3 is 3.00 bits per heavy atom. The van der Waals surface area contributed by atoms with Crippen LogP contribution in [-0.2, 0) is 0 Å². The van der Waals surface area contributed by atoms with E-state index in [9.17, 15) is 8.78 Å². The Kier molecular flexibility index (Phi) is 2.49. The molecule has 4 nitrogen and oxygen atoms in total. The number of rotatable bonds is 3. The van der Waals surface area contributed by atoms with E-state index in [1.807, 2.05) is 0 Å². The molecule has 2 rings (SSSR count). The summed E-state index contributed by atoms with van der Waals surface area (Å²) in [6, 6.07) is 1.77. The first-order valence-electron chi connectivity index (χ1n) is 4.46. The van der Waals surface area contributed by atoms with Crippen LogP contribution in [0.3, 0.4) is 0 Å². The van der Waals surface area contributed by atoms with Crippen molar-refractivity contribution in [1.82, 2.24) is 15.0 Å². The van der Waals surface area contributed by atoms with Crippen molar-refractivity contribution in [2.75, 3.05) is 18.5 Å². The molecule has 6 heteroatoms. The lowest BCUT2D eigenvalue weighted by Crippen LogP contribution is -2.25. The summed E-state index contributed by atoms with van der Waals surface area (Å²) in [7, 11) is 1.58. The van der Waals surface area contributed by atoms with Crippen LogP contribution in [0.2, 0.25) is 0 Å². The quantitative estimate of drug-likeness (QED) is 0.841. The van der Waals surface area contributed by atoms with Crippen molar-refractivity contribution in [3.8, 4) is 0 Å². The van der Waals surface area contributed by atoms with Crippen molar-refractivity contribution in [1.29, 1.82) is 0 Å². The Bertz CT molecular complexity index is 454. The molecule has 0 atom stereocenters. The summed E-state index contributed by atoms with van der Waals surface area (Å²) >= 11 is 0. The number of nitrogens with one attached hydrogen (secondary N) is 1. The van der Waals surface area contributed by atoms with Crippen LogP contribution < -0.4 is 4.90 Å². The molecule has 0 radical (unpaired) electrons. The highest BCUT2D eigenvalue weighted by Crippen LogP contribution is 2.20. The van der Waals surface area contributed by atoms with Crippen LogP contribution in [0.25, 0.3) is 11.0 Å². The van der Waals surface area contributed by atoms with Gasteiger partial charge in [0.05, 0.1) is 11.9 Å². The summed E-state index contributed by atoms with van der Waals surface area (Å²) in [5.74, 6) is 0.515. The van der Waals surface area contributed by atoms with E-state index in [-0.39, 0.29) is 6.54 Å². The third kappa shape index (κ3) is 1.88. The maximum absolute atomic E-state index is 12.2. The number of aromatic nitrogens is 3. The van der Waals surface area contributed by atoms with Crippen LogP contribution >= 0.6 is 0 Å². The van der Waals surface area contributed by atoms with Crippen molar-refractivity contribution < 1.29 is 8.78 Å². The van der Waals surface area contributed by atoms with Gasteiger partial charge in [-0.3, -0.25) is 0 Å². The maximum atomic E-state index is 12.2. The van der Waals surface area contributed by atoms with Gasteiger partial charge in [0, 0.05) is 13.2 Å². The van der Waals surface area contributed by atoms with Crippen LogP contribution in [0, 0.1) is 0 Å². The number of nitrogens with zero attached hydrogens (tertiary/aromatic N) is 3. The highest BCUT2D eigenvalue weighted by Gasteiger charge is 2.13. The van der Waals surface area contributed by atoms with Crippen LogP contribution in [0.15, 0.2) is 18.6 Å². The molecule has 0 bridgehead atoms. The van der Waals surface area contributed by atoms with E-state index in [2.05, 4.69) is 15.0 Å². The van der Waals surface area contributed by atoms with Crippen LogP contribution in [-0.4, -0.2) is 35.0 Å². The zero-order valence-corrected chi connectivity index (χ0v) is 8.11. The van der Waals surface area contributed by atoms with Crippen LogP contribution in [0.1, 0.15) is 0 Å². The zero-order chi connectivity index (χ0) is 10.8. The molecule has 0 aromatic carbocycles. The van der Waals surface area contributed by atoms with Gasteiger partial charge in [-0.15, -0.1) is 0 Å². The lowest BCUT2D eigenvalue weighted by Gasteiger charge is -2.17. The topological polar surface area (TPSA) is 44.8 Å². The standard InChI is InChI=1S/C9H10F2N4/c1-15(4-7(10)11)9-6-2-3-12-8(6)13-5-14-9/h2-3,5,7H,4H2,1H3,(H,12,13,14). The summed E-state index contributed by atoms with van der Waals surface area (Å²) in [6.07, 6.45) is 0.689. The van der Waals surface area contributed by atoms with E-state index in [0.29, 0.717) is 11.5 Å². The number of H-pyrrole nitrogens is 1. The number of hydrogen-bond acceptors (Lipinski definition) is 3. The van der Waals surface area contributed by atoms with E-state index >= 15 is 0 Å². The summed E-state index contributed by atoms with van der Waals surface area (Å²) in [4.78, 5) is 12.3. The second-order valence-electron chi connectivity index (χ2n) is 3.21. The predicted molar refractivity (Wildman–Crippen MR) is 53.2 cm³/mol. The van der Waals surface area contributed by atoms with Crippen LogP contribution in [0.4, 0.5) is 14.6 Å². The van der Waals surface area contributed by atoms with Crippen molar-refractivity contribution in [2.24, 2.45) is 0 Å². The van der Waals surface area contributed by atoms with Crippen molar-refractivity contribution in [3.63, 3.8) is 0 Å². The number of anilines is 1. The molecule has 0 aliphatic rings. The molecule has 15 heavy (non-hydrogen) atoms.